The normalized spacial score (nSPS) is 19.8. The quantitative estimate of drug-likeness (QED) is 0.755. The van der Waals surface area contributed by atoms with Gasteiger partial charge in [0.15, 0.2) is 11.4 Å². The largest absolute Gasteiger partial charge is 0.424 e. The van der Waals surface area contributed by atoms with Crippen LogP contribution in [0.3, 0.4) is 0 Å². The van der Waals surface area contributed by atoms with Crippen LogP contribution in [0.1, 0.15) is 32.9 Å². The molecule has 4 N–H and O–H groups in total. The van der Waals surface area contributed by atoms with Crippen LogP contribution in [0.15, 0.2) is 28.9 Å². The van der Waals surface area contributed by atoms with Gasteiger partial charge in [-0.05, 0) is 30.5 Å². The molecule has 25 heavy (non-hydrogen) atoms. The van der Waals surface area contributed by atoms with Crippen LogP contribution in [0.5, 0.6) is 0 Å². The van der Waals surface area contributed by atoms with E-state index < -0.39 is 0 Å². The van der Waals surface area contributed by atoms with E-state index in [1.54, 1.807) is 6.33 Å². The van der Waals surface area contributed by atoms with Gasteiger partial charge in [-0.3, -0.25) is 0 Å². The highest BCUT2D eigenvalue weighted by atomic mass is 16.4. The molecule has 0 saturated carbocycles. The number of rotatable bonds is 3. The second kappa shape index (κ2) is 5.34. The average Bonchev–Trinajstić information content (AvgIpc) is 3.04. The van der Waals surface area contributed by atoms with Gasteiger partial charge in [0, 0.05) is 17.6 Å². The zero-order valence-corrected chi connectivity index (χ0v) is 14.7. The molecule has 1 aliphatic heterocycles. The maximum atomic E-state index is 6.22. The van der Waals surface area contributed by atoms with E-state index in [4.69, 9.17) is 15.9 Å². The molecule has 0 amide bonds. The summed E-state index contributed by atoms with van der Waals surface area (Å²) >= 11 is 0. The van der Waals surface area contributed by atoms with Crippen molar-refractivity contribution in [3.63, 3.8) is 0 Å². The van der Waals surface area contributed by atoms with E-state index in [0.717, 1.165) is 35.6 Å². The van der Waals surface area contributed by atoms with Gasteiger partial charge in [-0.1, -0.05) is 20.8 Å². The maximum Gasteiger partial charge on any atom is 0.292 e. The summed E-state index contributed by atoms with van der Waals surface area (Å²) in [6.45, 7) is 7.48. The molecule has 7 heteroatoms. The molecule has 3 heterocycles. The Morgan fingerprint density at radius 1 is 1.28 bits per heavy atom. The van der Waals surface area contributed by atoms with Crippen LogP contribution in [0.4, 0.5) is 23.2 Å². The number of nitrogen functional groups attached to an aromatic ring is 2. The molecule has 2 aromatic heterocycles. The fraction of sp³-hybridized carbons (Fsp3) is 0.389. The fourth-order valence-corrected chi connectivity index (χ4v) is 3.99. The van der Waals surface area contributed by atoms with E-state index in [9.17, 15) is 0 Å². The third-order valence-corrected chi connectivity index (χ3v) is 4.76. The molecule has 1 aromatic carbocycles. The lowest BCUT2D eigenvalue weighted by Crippen LogP contribution is -2.30. The number of benzene rings is 1. The SMILES string of the molecule is CC(C)C[C@@]1(C)CN(c2ccc3oc(N)nc3c2)c2c(N)ncnc21. The third kappa shape index (κ3) is 2.47. The van der Waals surface area contributed by atoms with Crippen molar-refractivity contribution < 1.29 is 4.42 Å². The lowest BCUT2D eigenvalue weighted by molar-refractivity contribution is 0.385. The summed E-state index contributed by atoms with van der Waals surface area (Å²) in [5.74, 6) is 1.05. The van der Waals surface area contributed by atoms with Gasteiger partial charge < -0.3 is 20.8 Å². The monoisotopic (exact) mass is 338 g/mol. The van der Waals surface area contributed by atoms with Gasteiger partial charge in [0.1, 0.15) is 17.5 Å². The summed E-state index contributed by atoms with van der Waals surface area (Å²) in [5, 5.41) is 0. The number of nitrogens with two attached hydrogens (primary N) is 2. The molecule has 1 atom stereocenters. The van der Waals surface area contributed by atoms with Crippen LogP contribution < -0.4 is 16.4 Å². The first-order valence-corrected chi connectivity index (χ1v) is 8.42. The topological polar surface area (TPSA) is 107 Å². The smallest absolute Gasteiger partial charge is 0.292 e. The number of oxazole rings is 1. The first-order chi connectivity index (χ1) is 11.9. The fourth-order valence-electron chi connectivity index (χ4n) is 3.99. The van der Waals surface area contributed by atoms with Gasteiger partial charge in [-0.2, -0.15) is 4.98 Å². The minimum Gasteiger partial charge on any atom is -0.424 e. The summed E-state index contributed by atoms with van der Waals surface area (Å²) in [6, 6.07) is 6.00. The molecule has 7 nitrogen and oxygen atoms in total. The molecule has 0 spiro atoms. The molecule has 4 rings (SSSR count). The van der Waals surface area contributed by atoms with E-state index in [0.29, 0.717) is 17.3 Å². The van der Waals surface area contributed by atoms with E-state index in [-0.39, 0.29) is 11.4 Å². The molecule has 0 fully saturated rings. The second-order valence-electron chi connectivity index (χ2n) is 7.41. The molecule has 3 aromatic rings. The summed E-state index contributed by atoms with van der Waals surface area (Å²) < 4.78 is 5.37. The number of hydrogen-bond acceptors (Lipinski definition) is 7. The summed E-state index contributed by atoms with van der Waals surface area (Å²) in [7, 11) is 0. The number of anilines is 4. The van der Waals surface area contributed by atoms with Crippen LogP contribution in [-0.2, 0) is 5.41 Å². The Balaban J connectivity index is 1.85. The Bertz CT molecular complexity index is 950. The van der Waals surface area contributed by atoms with Crippen LogP contribution in [0.2, 0.25) is 0 Å². The van der Waals surface area contributed by atoms with Crippen molar-refractivity contribution in [1.82, 2.24) is 15.0 Å². The van der Waals surface area contributed by atoms with Crippen LogP contribution in [0, 0.1) is 5.92 Å². The van der Waals surface area contributed by atoms with Crippen molar-refractivity contribution in [2.24, 2.45) is 5.92 Å². The Hall–Kier alpha value is -2.83. The lowest BCUT2D eigenvalue weighted by Gasteiger charge is -2.27. The highest BCUT2D eigenvalue weighted by molar-refractivity contribution is 5.85. The second-order valence-corrected chi connectivity index (χ2v) is 7.41. The highest BCUT2D eigenvalue weighted by Crippen LogP contribution is 2.48. The standard InChI is InChI=1S/C18H22N6O/c1-10(2)7-18(3)8-24(14-15(18)21-9-22-16(14)19)11-4-5-13-12(6-11)23-17(20)25-13/h4-6,9-10H,7-8H2,1-3H3,(H2,20,23)(H2,19,21,22)/t18-/m0/s1. The summed E-state index contributed by atoms with van der Waals surface area (Å²) in [6.07, 6.45) is 2.57. The van der Waals surface area contributed by atoms with Crippen LogP contribution in [-0.4, -0.2) is 21.5 Å². The summed E-state index contributed by atoms with van der Waals surface area (Å²) in [4.78, 5) is 15.2. The molecule has 0 aliphatic carbocycles. The average molecular weight is 338 g/mol. The van der Waals surface area contributed by atoms with Crippen molar-refractivity contribution in [1.29, 1.82) is 0 Å². The van der Waals surface area contributed by atoms with Gasteiger partial charge in [0.2, 0.25) is 0 Å². The first-order valence-electron chi connectivity index (χ1n) is 8.42. The van der Waals surface area contributed by atoms with E-state index in [1.807, 2.05) is 18.2 Å². The first kappa shape index (κ1) is 15.7. The van der Waals surface area contributed by atoms with E-state index in [1.165, 1.54) is 0 Å². The Kier molecular flexibility index (Phi) is 3.35. The van der Waals surface area contributed by atoms with Gasteiger partial charge >= 0.3 is 0 Å². The Labute approximate surface area is 146 Å². The van der Waals surface area contributed by atoms with E-state index >= 15 is 0 Å². The number of fused-ring (bicyclic) bond motifs is 2. The number of nitrogens with zero attached hydrogens (tertiary/aromatic N) is 4. The van der Waals surface area contributed by atoms with Gasteiger partial charge in [0.25, 0.3) is 6.01 Å². The van der Waals surface area contributed by atoms with Crippen molar-refractivity contribution in [2.75, 3.05) is 22.9 Å². The predicted molar refractivity (Wildman–Crippen MR) is 98.7 cm³/mol. The maximum absolute atomic E-state index is 6.22. The molecule has 0 radical (unpaired) electrons. The predicted octanol–water partition coefficient (Wildman–Crippen LogP) is 3.24. The zero-order valence-electron chi connectivity index (χ0n) is 14.7. The lowest BCUT2D eigenvalue weighted by atomic mass is 9.80. The minimum atomic E-state index is -0.0850. The molecular formula is C18H22N6O. The zero-order chi connectivity index (χ0) is 17.8. The number of aromatic nitrogens is 3. The van der Waals surface area contributed by atoms with Crippen molar-refractivity contribution in [2.45, 2.75) is 32.6 Å². The van der Waals surface area contributed by atoms with Gasteiger partial charge in [-0.15, -0.1) is 0 Å². The third-order valence-electron chi connectivity index (χ3n) is 4.76. The van der Waals surface area contributed by atoms with E-state index in [2.05, 4.69) is 40.6 Å². The summed E-state index contributed by atoms with van der Waals surface area (Å²) in [5.41, 5.74) is 16.1. The minimum absolute atomic E-state index is 0.0850. The Morgan fingerprint density at radius 2 is 2.08 bits per heavy atom. The van der Waals surface area contributed by atoms with Gasteiger partial charge in [-0.25, -0.2) is 9.97 Å². The molecular weight excluding hydrogens is 316 g/mol. The van der Waals surface area contributed by atoms with Crippen molar-refractivity contribution in [3.8, 4) is 0 Å². The molecule has 1 aliphatic rings. The van der Waals surface area contributed by atoms with Crippen LogP contribution in [0.25, 0.3) is 11.1 Å². The van der Waals surface area contributed by atoms with Gasteiger partial charge in [0.05, 0.1) is 5.69 Å². The number of hydrogen-bond donors (Lipinski definition) is 2. The highest BCUT2D eigenvalue weighted by Gasteiger charge is 2.42. The van der Waals surface area contributed by atoms with Crippen molar-refractivity contribution >= 4 is 34.3 Å². The molecule has 0 saturated heterocycles. The molecule has 130 valence electrons. The molecule has 0 bridgehead atoms. The Morgan fingerprint density at radius 3 is 2.84 bits per heavy atom. The van der Waals surface area contributed by atoms with Crippen LogP contribution >= 0.6 is 0 Å². The molecule has 0 unspecified atom stereocenters. The van der Waals surface area contributed by atoms with Crippen molar-refractivity contribution in [3.05, 3.63) is 30.2 Å².